The fraction of sp³-hybridized carbons (Fsp3) is 0.474. The quantitative estimate of drug-likeness (QED) is 0.557. The van der Waals surface area contributed by atoms with Crippen molar-refractivity contribution in [1.29, 1.82) is 0 Å². The monoisotopic (exact) mass is 361 g/mol. The molecule has 2 fully saturated rings. The molecule has 0 aromatic heterocycles. The summed E-state index contributed by atoms with van der Waals surface area (Å²) >= 11 is 6.90. The largest absolute Gasteiger partial charge is 0.490 e. The molecule has 1 saturated heterocycles. The number of hydrogen-bond acceptors (Lipinski definition) is 4. The summed E-state index contributed by atoms with van der Waals surface area (Å²) in [7, 11) is 0. The molecule has 24 heavy (non-hydrogen) atoms. The highest BCUT2D eigenvalue weighted by atomic mass is 32.2. The lowest BCUT2D eigenvalue weighted by atomic mass is 9.94. The van der Waals surface area contributed by atoms with Crippen molar-refractivity contribution in [2.75, 3.05) is 0 Å². The van der Waals surface area contributed by atoms with E-state index in [-0.39, 0.29) is 18.1 Å². The van der Waals surface area contributed by atoms with Gasteiger partial charge in [-0.3, -0.25) is 9.69 Å². The lowest BCUT2D eigenvalue weighted by molar-refractivity contribution is -0.124. The lowest BCUT2D eigenvalue weighted by Gasteiger charge is -2.29. The predicted molar refractivity (Wildman–Crippen MR) is 104 cm³/mol. The maximum atomic E-state index is 12.9. The zero-order valence-electron chi connectivity index (χ0n) is 14.2. The van der Waals surface area contributed by atoms with Crippen LogP contribution in [-0.4, -0.2) is 27.3 Å². The topological polar surface area (TPSA) is 29.5 Å². The zero-order chi connectivity index (χ0) is 17.1. The number of hydrogen-bond donors (Lipinski definition) is 0. The fourth-order valence-electron chi connectivity index (χ4n) is 3.24. The van der Waals surface area contributed by atoms with Crippen molar-refractivity contribution in [2.45, 2.75) is 58.1 Å². The number of thioether (sulfide) groups is 1. The normalized spacial score (nSPS) is 21.1. The highest BCUT2D eigenvalue weighted by molar-refractivity contribution is 8.26. The van der Waals surface area contributed by atoms with Crippen LogP contribution in [0.25, 0.3) is 6.08 Å². The van der Waals surface area contributed by atoms with E-state index in [1.54, 1.807) is 0 Å². The van der Waals surface area contributed by atoms with Crippen molar-refractivity contribution >= 4 is 40.3 Å². The van der Waals surface area contributed by atoms with Crippen LogP contribution in [0.4, 0.5) is 0 Å². The first-order valence-corrected chi connectivity index (χ1v) is 9.81. The third kappa shape index (κ3) is 3.83. The molecule has 0 radical (unpaired) electrons. The molecular formula is C19H23NO2S2. The van der Waals surface area contributed by atoms with Gasteiger partial charge in [-0.1, -0.05) is 61.4 Å². The Bertz CT molecular complexity index is 663. The van der Waals surface area contributed by atoms with E-state index in [9.17, 15) is 4.79 Å². The van der Waals surface area contributed by atoms with Gasteiger partial charge < -0.3 is 4.74 Å². The lowest BCUT2D eigenvalue weighted by Crippen LogP contribution is -2.39. The van der Waals surface area contributed by atoms with E-state index >= 15 is 0 Å². The van der Waals surface area contributed by atoms with E-state index in [1.807, 2.05) is 49.1 Å². The number of para-hydroxylation sites is 1. The second kappa shape index (κ2) is 7.70. The maximum absolute atomic E-state index is 12.9. The predicted octanol–water partition coefficient (Wildman–Crippen LogP) is 5.01. The Kier molecular flexibility index (Phi) is 5.61. The van der Waals surface area contributed by atoms with Crippen LogP contribution in [0, 0.1) is 0 Å². The molecule has 1 aromatic carbocycles. The van der Waals surface area contributed by atoms with Crippen molar-refractivity contribution in [1.82, 2.24) is 4.90 Å². The number of carbonyl (C=O) groups is 1. The standard InChI is InChI=1S/C19H23NO2S2/c1-13(2)22-16-11-7-6-8-14(16)12-17-18(21)20(19(23)24-17)15-9-4-3-5-10-15/h6-8,11-13,15H,3-5,9-10H2,1-2H3/b17-12+. The first-order valence-electron chi connectivity index (χ1n) is 8.59. The van der Waals surface area contributed by atoms with Crippen LogP contribution in [-0.2, 0) is 4.79 Å². The van der Waals surface area contributed by atoms with Crippen molar-refractivity contribution < 1.29 is 9.53 Å². The number of ether oxygens (including phenoxy) is 1. The van der Waals surface area contributed by atoms with Gasteiger partial charge in [0, 0.05) is 11.6 Å². The second-order valence-corrected chi connectivity index (χ2v) is 8.22. The third-order valence-corrected chi connectivity index (χ3v) is 5.66. The Morgan fingerprint density at radius 2 is 1.96 bits per heavy atom. The van der Waals surface area contributed by atoms with Gasteiger partial charge in [0.15, 0.2) is 0 Å². The van der Waals surface area contributed by atoms with E-state index in [2.05, 4.69) is 0 Å². The third-order valence-electron chi connectivity index (χ3n) is 4.33. The minimum Gasteiger partial charge on any atom is -0.490 e. The number of amides is 1. The Morgan fingerprint density at radius 1 is 1.25 bits per heavy atom. The van der Waals surface area contributed by atoms with E-state index in [0.717, 1.165) is 24.2 Å². The van der Waals surface area contributed by atoms with Crippen LogP contribution in [0.2, 0.25) is 0 Å². The SMILES string of the molecule is CC(C)Oc1ccccc1/C=C1/SC(=S)N(C2CCCCC2)C1=O. The van der Waals surface area contributed by atoms with Gasteiger partial charge in [-0.2, -0.15) is 0 Å². The molecule has 1 aliphatic heterocycles. The molecular weight excluding hydrogens is 338 g/mol. The molecule has 128 valence electrons. The van der Waals surface area contributed by atoms with Crippen molar-refractivity contribution in [2.24, 2.45) is 0 Å². The second-order valence-electron chi connectivity index (χ2n) is 6.55. The molecule has 1 amide bonds. The summed E-state index contributed by atoms with van der Waals surface area (Å²) in [6.07, 6.45) is 7.77. The highest BCUT2D eigenvalue weighted by Crippen LogP contribution is 2.38. The summed E-state index contributed by atoms with van der Waals surface area (Å²) in [5.74, 6) is 0.853. The Hall–Kier alpha value is -1.33. The summed E-state index contributed by atoms with van der Waals surface area (Å²) in [5.41, 5.74) is 0.926. The number of thiocarbonyl (C=S) groups is 1. The minimum absolute atomic E-state index is 0.0521. The molecule has 0 N–H and O–H groups in total. The van der Waals surface area contributed by atoms with Gasteiger partial charge in [0.1, 0.15) is 10.1 Å². The van der Waals surface area contributed by atoms with Crippen LogP contribution in [0.15, 0.2) is 29.2 Å². The van der Waals surface area contributed by atoms with Gasteiger partial charge in [0.25, 0.3) is 5.91 Å². The highest BCUT2D eigenvalue weighted by Gasteiger charge is 2.37. The smallest absolute Gasteiger partial charge is 0.266 e. The molecule has 5 heteroatoms. The van der Waals surface area contributed by atoms with Gasteiger partial charge in [-0.15, -0.1) is 0 Å². The number of benzene rings is 1. The summed E-state index contributed by atoms with van der Waals surface area (Å²) in [5, 5.41) is 0. The molecule has 1 aromatic rings. The van der Waals surface area contributed by atoms with Gasteiger partial charge in [0.05, 0.1) is 11.0 Å². The van der Waals surface area contributed by atoms with E-state index in [4.69, 9.17) is 17.0 Å². The summed E-state index contributed by atoms with van der Waals surface area (Å²) < 4.78 is 6.54. The molecule has 0 bridgehead atoms. The summed E-state index contributed by atoms with van der Waals surface area (Å²) in [6, 6.07) is 8.10. The van der Waals surface area contributed by atoms with E-state index in [1.165, 1.54) is 31.0 Å². The number of nitrogens with zero attached hydrogens (tertiary/aromatic N) is 1. The summed E-state index contributed by atoms with van der Waals surface area (Å²) in [6.45, 7) is 4.00. The first-order chi connectivity index (χ1) is 11.6. The first kappa shape index (κ1) is 17.5. The Balaban J connectivity index is 1.84. The molecule has 1 heterocycles. The average Bonchev–Trinajstić information content (AvgIpc) is 2.83. The Labute approximate surface area is 153 Å². The van der Waals surface area contributed by atoms with Gasteiger partial charge in [-0.05, 0) is 38.8 Å². The Morgan fingerprint density at radius 3 is 2.67 bits per heavy atom. The minimum atomic E-state index is 0.0521. The van der Waals surface area contributed by atoms with E-state index < -0.39 is 0 Å². The van der Waals surface area contributed by atoms with Crippen LogP contribution < -0.4 is 4.74 Å². The molecule has 1 saturated carbocycles. The van der Waals surface area contributed by atoms with Gasteiger partial charge in [0.2, 0.25) is 0 Å². The number of rotatable bonds is 4. The van der Waals surface area contributed by atoms with Gasteiger partial charge in [-0.25, -0.2) is 0 Å². The van der Waals surface area contributed by atoms with Gasteiger partial charge >= 0.3 is 0 Å². The molecule has 2 aliphatic rings. The zero-order valence-corrected chi connectivity index (χ0v) is 15.8. The van der Waals surface area contributed by atoms with Crippen molar-refractivity contribution in [3.05, 3.63) is 34.7 Å². The van der Waals surface area contributed by atoms with Crippen molar-refractivity contribution in [3.8, 4) is 5.75 Å². The number of carbonyl (C=O) groups excluding carboxylic acids is 1. The van der Waals surface area contributed by atoms with E-state index in [0.29, 0.717) is 9.23 Å². The molecule has 1 aliphatic carbocycles. The van der Waals surface area contributed by atoms with Crippen molar-refractivity contribution in [3.63, 3.8) is 0 Å². The molecule has 0 spiro atoms. The maximum Gasteiger partial charge on any atom is 0.266 e. The van der Waals surface area contributed by atoms with Crippen LogP contribution in [0.5, 0.6) is 5.75 Å². The molecule has 0 atom stereocenters. The molecule has 3 nitrogen and oxygen atoms in total. The molecule has 0 unspecified atom stereocenters. The fourth-order valence-corrected chi connectivity index (χ4v) is 4.63. The van der Waals surface area contributed by atoms with Crippen LogP contribution in [0.1, 0.15) is 51.5 Å². The van der Waals surface area contributed by atoms with Crippen LogP contribution in [0.3, 0.4) is 0 Å². The summed E-state index contributed by atoms with van der Waals surface area (Å²) in [4.78, 5) is 15.4. The average molecular weight is 362 g/mol. The van der Waals surface area contributed by atoms with Crippen LogP contribution >= 0.6 is 24.0 Å². The molecule has 3 rings (SSSR count).